The van der Waals surface area contributed by atoms with E-state index in [-0.39, 0.29) is 24.5 Å². The molecule has 2 aromatic rings. The average molecular weight is 409 g/mol. The molecule has 1 amide bonds. The first-order valence-electron chi connectivity index (χ1n) is 10.0. The minimum atomic E-state index is -0.716. The number of hydrogen-bond acceptors (Lipinski definition) is 5. The van der Waals surface area contributed by atoms with Gasteiger partial charge in [-0.2, -0.15) is 0 Å². The largest absolute Gasteiger partial charge is 0.507 e. The van der Waals surface area contributed by atoms with Crippen LogP contribution in [-0.2, 0) is 14.3 Å². The summed E-state index contributed by atoms with van der Waals surface area (Å²) < 4.78 is 10.9. The van der Waals surface area contributed by atoms with Crippen LogP contribution in [0.2, 0.25) is 0 Å². The fourth-order valence-corrected chi connectivity index (χ4v) is 3.51. The Hall–Kier alpha value is -3.12. The van der Waals surface area contributed by atoms with Crippen molar-refractivity contribution >= 4 is 17.4 Å². The molecule has 0 saturated carbocycles. The SMILES string of the molecule is CCCOc1cccc(C2C(=C(O)c3ccc(C)cc3)C(=O)C(=O)N2CCOC)c1. The Labute approximate surface area is 176 Å². The fourth-order valence-electron chi connectivity index (χ4n) is 3.51. The number of benzene rings is 2. The van der Waals surface area contributed by atoms with Gasteiger partial charge < -0.3 is 19.5 Å². The van der Waals surface area contributed by atoms with Gasteiger partial charge in [0.15, 0.2) is 0 Å². The molecular formula is C24H27NO5. The van der Waals surface area contributed by atoms with Gasteiger partial charge in [-0.3, -0.25) is 9.59 Å². The van der Waals surface area contributed by atoms with Crippen molar-refractivity contribution in [2.75, 3.05) is 26.9 Å². The van der Waals surface area contributed by atoms with Crippen LogP contribution >= 0.6 is 0 Å². The lowest BCUT2D eigenvalue weighted by Gasteiger charge is -2.25. The van der Waals surface area contributed by atoms with Crippen LogP contribution in [0, 0.1) is 6.92 Å². The molecule has 1 fully saturated rings. The van der Waals surface area contributed by atoms with Crippen molar-refractivity contribution in [1.82, 2.24) is 4.90 Å². The quantitative estimate of drug-likeness (QED) is 0.407. The molecule has 158 valence electrons. The number of ether oxygens (including phenoxy) is 2. The number of aryl methyl sites for hydroxylation is 1. The predicted octanol–water partition coefficient (Wildman–Crippen LogP) is 3.85. The van der Waals surface area contributed by atoms with E-state index in [2.05, 4.69) is 0 Å². The van der Waals surface area contributed by atoms with Gasteiger partial charge in [0.2, 0.25) is 0 Å². The minimum Gasteiger partial charge on any atom is -0.507 e. The van der Waals surface area contributed by atoms with Gasteiger partial charge in [0.05, 0.1) is 24.8 Å². The number of ketones is 1. The van der Waals surface area contributed by atoms with Crippen molar-refractivity contribution in [1.29, 1.82) is 0 Å². The minimum absolute atomic E-state index is 0.0765. The van der Waals surface area contributed by atoms with Crippen molar-refractivity contribution < 1.29 is 24.2 Å². The number of likely N-dealkylation sites (tertiary alicyclic amines) is 1. The molecule has 1 N–H and O–H groups in total. The second kappa shape index (κ2) is 9.59. The molecule has 1 heterocycles. The van der Waals surface area contributed by atoms with E-state index in [9.17, 15) is 14.7 Å². The number of nitrogens with zero attached hydrogens (tertiary/aromatic N) is 1. The predicted molar refractivity (Wildman–Crippen MR) is 114 cm³/mol. The van der Waals surface area contributed by atoms with Crippen LogP contribution in [0.15, 0.2) is 54.1 Å². The van der Waals surface area contributed by atoms with Crippen LogP contribution in [-0.4, -0.2) is 48.6 Å². The normalized spacial score (nSPS) is 18.1. The van der Waals surface area contributed by atoms with E-state index in [1.165, 1.54) is 12.0 Å². The number of methoxy groups -OCH3 is 1. The smallest absolute Gasteiger partial charge is 0.295 e. The summed E-state index contributed by atoms with van der Waals surface area (Å²) in [6.07, 6.45) is 0.865. The van der Waals surface area contributed by atoms with E-state index in [4.69, 9.17) is 9.47 Å². The van der Waals surface area contributed by atoms with E-state index in [0.29, 0.717) is 23.5 Å². The average Bonchev–Trinajstić information content (AvgIpc) is 3.01. The number of amides is 1. The van der Waals surface area contributed by atoms with Gasteiger partial charge in [-0.15, -0.1) is 0 Å². The van der Waals surface area contributed by atoms with Gasteiger partial charge in [-0.25, -0.2) is 0 Å². The Morgan fingerprint density at radius 3 is 2.50 bits per heavy atom. The summed E-state index contributed by atoms with van der Waals surface area (Å²) in [5.74, 6) is -0.875. The zero-order valence-electron chi connectivity index (χ0n) is 17.6. The lowest BCUT2D eigenvalue weighted by molar-refractivity contribution is -0.140. The van der Waals surface area contributed by atoms with E-state index in [1.807, 2.05) is 50.2 Å². The van der Waals surface area contributed by atoms with Crippen LogP contribution in [0.3, 0.4) is 0 Å². The summed E-state index contributed by atoms with van der Waals surface area (Å²) in [5.41, 5.74) is 2.30. The molecule has 0 radical (unpaired) electrons. The Morgan fingerprint density at radius 2 is 1.83 bits per heavy atom. The molecule has 2 aromatic carbocycles. The highest BCUT2D eigenvalue weighted by atomic mass is 16.5. The summed E-state index contributed by atoms with van der Waals surface area (Å²) in [7, 11) is 1.54. The topological polar surface area (TPSA) is 76.1 Å². The van der Waals surface area contributed by atoms with Crippen molar-refractivity contribution in [2.45, 2.75) is 26.3 Å². The number of carbonyl (C=O) groups is 2. The second-order valence-corrected chi connectivity index (χ2v) is 7.27. The molecule has 3 rings (SSSR count). The number of rotatable bonds is 8. The summed E-state index contributed by atoms with van der Waals surface area (Å²) in [4.78, 5) is 27.2. The summed E-state index contributed by atoms with van der Waals surface area (Å²) >= 11 is 0. The Bertz CT molecular complexity index is 948. The van der Waals surface area contributed by atoms with Crippen LogP contribution in [0.4, 0.5) is 0 Å². The van der Waals surface area contributed by atoms with Gasteiger partial charge in [-0.05, 0) is 31.0 Å². The van der Waals surface area contributed by atoms with Crippen molar-refractivity contribution in [3.8, 4) is 5.75 Å². The van der Waals surface area contributed by atoms with Crippen LogP contribution in [0.1, 0.15) is 36.1 Å². The van der Waals surface area contributed by atoms with Crippen LogP contribution < -0.4 is 4.74 Å². The zero-order chi connectivity index (χ0) is 21.7. The van der Waals surface area contributed by atoms with Gasteiger partial charge in [0.1, 0.15) is 11.5 Å². The maximum Gasteiger partial charge on any atom is 0.295 e. The Morgan fingerprint density at radius 1 is 1.10 bits per heavy atom. The molecule has 1 unspecified atom stereocenters. The molecule has 1 aliphatic rings. The summed E-state index contributed by atoms with van der Waals surface area (Å²) in [6.45, 7) is 5.04. The van der Waals surface area contributed by atoms with Gasteiger partial charge >= 0.3 is 0 Å². The first kappa shape index (κ1) is 21.6. The van der Waals surface area contributed by atoms with E-state index < -0.39 is 17.7 Å². The number of Topliss-reactive ketones (excluding diaryl/α,β-unsaturated/α-hetero) is 1. The van der Waals surface area contributed by atoms with Crippen molar-refractivity contribution in [3.05, 3.63) is 70.8 Å². The lowest BCUT2D eigenvalue weighted by atomic mass is 9.95. The second-order valence-electron chi connectivity index (χ2n) is 7.27. The molecule has 1 atom stereocenters. The van der Waals surface area contributed by atoms with Crippen LogP contribution in [0.25, 0.3) is 5.76 Å². The highest BCUT2D eigenvalue weighted by Crippen LogP contribution is 2.40. The highest BCUT2D eigenvalue weighted by Gasteiger charge is 2.45. The molecule has 30 heavy (non-hydrogen) atoms. The zero-order valence-corrected chi connectivity index (χ0v) is 17.6. The molecule has 1 saturated heterocycles. The standard InChI is InChI=1S/C24H27NO5/c1-4-13-30-19-7-5-6-18(15-19)21-20(22(26)17-10-8-16(2)9-11-17)23(27)24(28)25(21)12-14-29-3/h5-11,15,21,26H,4,12-14H2,1-3H3. The molecular weight excluding hydrogens is 382 g/mol. The first-order chi connectivity index (χ1) is 14.5. The lowest BCUT2D eigenvalue weighted by Crippen LogP contribution is -2.32. The third-order valence-corrected chi connectivity index (χ3v) is 5.05. The number of carbonyl (C=O) groups excluding carboxylic acids is 2. The monoisotopic (exact) mass is 409 g/mol. The van der Waals surface area contributed by atoms with E-state index in [0.717, 1.165) is 12.0 Å². The van der Waals surface area contributed by atoms with Crippen LogP contribution in [0.5, 0.6) is 5.75 Å². The van der Waals surface area contributed by atoms with E-state index in [1.54, 1.807) is 12.1 Å². The van der Waals surface area contributed by atoms with Crippen molar-refractivity contribution in [3.63, 3.8) is 0 Å². The molecule has 6 heteroatoms. The third-order valence-electron chi connectivity index (χ3n) is 5.05. The molecule has 0 bridgehead atoms. The molecule has 6 nitrogen and oxygen atoms in total. The maximum atomic E-state index is 12.9. The third kappa shape index (κ3) is 4.39. The molecule has 0 aliphatic carbocycles. The first-order valence-corrected chi connectivity index (χ1v) is 10.0. The molecule has 0 aromatic heterocycles. The van der Waals surface area contributed by atoms with E-state index >= 15 is 0 Å². The van der Waals surface area contributed by atoms with Gasteiger partial charge in [0, 0.05) is 19.2 Å². The number of aliphatic hydroxyl groups is 1. The fraction of sp³-hybridized carbons (Fsp3) is 0.333. The van der Waals surface area contributed by atoms with Gasteiger partial charge in [0.25, 0.3) is 11.7 Å². The Kier molecular flexibility index (Phi) is 6.90. The van der Waals surface area contributed by atoms with Gasteiger partial charge in [-0.1, -0.05) is 48.9 Å². The summed E-state index contributed by atoms with van der Waals surface area (Å²) in [6, 6.07) is 13.8. The number of aliphatic hydroxyl groups excluding tert-OH is 1. The van der Waals surface area contributed by atoms with Crippen molar-refractivity contribution in [2.24, 2.45) is 0 Å². The Balaban J connectivity index is 2.11. The molecule has 1 aliphatic heterocycles. The maximum absolute atomic E-state index is 12.9. The number of hydrogen-bond donors (Lipinski definition) is 1. The molecule has 0 spiro atoms. The highest BCUT2D eigenvalue weighted by molar-refractivity contribution is 6.46. The summed E-state index contributed by atoms with van der Waals surface area (Å²) in [5, 5.41) is 11.0.